The fourth-order valence-corrected chi connectivity index (χ4v) is 3.74. The number of hydrogen-bond acceptors (Lipinski definition) is 9. The van der Waals surface area contributed by atoms with E-state index in [0.717, 1.165) is 22.6 Å². The highest BCUT2D eigenvalue weighted by molar-refractivity contribution is 5.92. The summed E-state index contributed by atoms with van der Waals surface area (Å²) < 4.78 is 27.1. The van der Waals surface area contributed by atoms with Crippen LogP contribution in [0.2, 0.25) is 0 Å². The smallest absolute Gasteiger partial charge is 0.378 e. The van der Waals surface area contributed by atoms with E-state index in [4.69, 9.17) is 28.3 Å². The highest BCUT2D eigenvalue weighted by atomic mass is 16.5. The normalized spacial score (nSPS) is 10.6. The molecule has 0 amide bonds. The summed E-state index contributed by atoms with van der Waals surface area (Å²) in [5.74, 6) is 1.98. The largest absolute Gasteiger partial charge is 0.497 e. The van der Waals surface area contributed by atoms with Crippen LogP contribution >= 0.6 is 0 Å². The Morgan fingerprint density at radius 2 is 1.46 bits per heavy atom. The maximum atomic E-state index is 13.0. The molecule has 0 radical (unpaired) electrons. The number of benzene rings is 2. The summed E-state index contributed by atoms with van der Waals surface area (Å²) in [6, 6.07) is 18.9. The van der Waals surface area contributed by atoms with Gasteiger partial charge in [-0.15, -0.1) is 0 Å². The molecule has 4 rings (SSSR count). The lowest BCUT2D eigenvalue weighted by molar-refractivity contribution is 0.0492. The van der Waals surface area contributed by atoms with Crippen molar-refractivity contribution in [3.63, 3.8) is 0 Å². The number of rotatable bonds is 11. The van der Waals surface area contributed by atoms with E-state index in [1.807, 2.05) is 53.4 Å². The van der Waals surface area contributed by atoms with Gasteiger partial charge in [0, 0.05) is 30.9 Å². The highest BCUT2D eigenvalue weighted by Crippen LogP contribution is 2.32. The van der Waals surface area contributed by atoms with Gasteiger partial charge in [0.1, 0.15) is 11.5 Å². The number of esters is 1. The predicted molar refractivity (Wildman–Crippen MR) is 138 cm³/mol. The second-order valence-electron chi connectivity index (χ2n) is 8.03. The Kier molecular flexibility index (Phi) is 8.25. The van der Waals surface area contributed by atoms with Gasteiger partial charge in [-0.3, -0.25) is 0 Å². The standard InChI is InChI=1S/C28H29N3O6/c1-5-36-28(32)25-26(30-27(37-25)21-14-15-29-24(16-21)35-4)31(17-19-6-10-22(33-2)11-7-19)18-20-8-12-23(34-3)13-9-20/h6-16H,5,17-18H2,1-4H3. The molecule has 192 valence electrons. The quantitative estimate of drug-likeness (QED) is 0.258. The number of ether oxygens (including phenoxy) is 4. The Balaban J connectivity index is 1.77. The number of carbonyl (C=O) groups is 1. The predicted octanol–water partition coefficient (Wildman–Crippen LogP) is 5.15. The van der Waals surface area contributed by atoms with Gasteiger partial charge in [0.05, 0.1) is 27.9 Å². The van der Waals surface area contributed by atoms with Gasteiger partial charge >= 0.3 is 5.97 Å². The molecule has 2 aromatic carbocycles. The van der Waals surface area contributed by atoms with Gasteiger partial charge in [-0.1, -0.05) is 24.3 Å². The molecule has 0 fully saturated rings. The maximum Gasteiger partial charge on any atom is 0.378 e. The van der Waals surface area contributed by atoms with E-state index in [0.29, 0.717) is 30.4 Å². The van der Waals surface area contributed by atoms with Crippen LogP contribution in [0.1, 0.15) is 28.6 Å². The molecule has 4 aromatic rings. The minimum atomic E-state index is -0.591. The lowest BCUT2D eigenvalue weighted by Crippen LogP contribution is -2.24. The zero-order chi connectivity index (χ0) is 26.2. The molecule has 0 atom stereocenters. The topological polar surface area (TPSA) is 96.2 Å². The first-order valence-corrected chi connectivity index (χ1v) is 11.7. The monoisotopic (exact) mass is 503 g/mol. The van der Waals surface area contributed by atoms with Crippen molar-refractivity contribution in [2.24, 2.45) is 0 Å². The molecule has 0 spiro atoms. The summed E-state index contributed by atoms with van der Waals surface area (Å²) in [4.78, 5) is 23.8. The molecular weight excluding hydrogens is 474 g/mol. The van der Waals surface area contributed by atoms with Crippen molar-refractivity contribution < 1.29 is 28.2 Å². The molecule has 9 heteroatoms. The van der Waals surface area contributed by atoms with E-state index >= 15 is 0 Å². The molecule has 0 saturated carbocycles. The summed E-state index contributed by atoms with van der Waals surface area (Å²) in [6.07, 6.45) is 1.59. The first-order chi connectivity index (χ1) is 18.0. The number of anilines is 1. The molecule has 0 unspecified atom stereocenters. The van der Waals surface area contributed by atoms with Crippen molar-refractivity contribution in [1.29, 1.82) is 0 Å². The van der Waals surface area contributed by atoms with Crippen LogP contribution in [0.25, 0.3) is 11.5 Å². The van der Waals surface area contributed by atoms with Crippen molar-refractivity contribution in [1.82, 2.24) is 9.97 Å². The molecule has 2 aromatic heterocycles. The van der Waals surface area contributed by atoms with Crippen molar-refractivity contribution in [2.75, 3.05) is 32.8 Å². The average molecular weight is 504 g/mol. The third kappa shape index (κ3) is 6.19. The Hall–Kier alpha value is -4.53. The van der Waals surface area contributed by atoms with Gasteiger partial charge in [-0.25, -0.2) is 9.78 Å². The lowest BCUT2D eigenvalue weighted by Gasteiger charge is -2.23. The SMILES string of the molecule is CCOC(=O)c1oc(-c2ccnc(OC)c2)nc1N(Cc1ccc(OC)cc1)Cc1ccc(OC)cc1. The lowest BCUT2D eigenvalue weighted by atomic mass is 10.1. The van der Waals surface area contributed by atoms with Crippen LogP contribution in [0, 0.1) is 0 Å². The van der Waals surface area contributed by atoms with Crippen LogP contribution in [-0.2, 0) is 17.8 Å². The van der Waals surface area contributed by atoms with Crippen LogP contribution in [0.15, 0.2) is 71.3 Å². The van der Waals surface area contributed by atoms with Gasteiger partial charge < -0.3 is 28.3 Å². The van der Waals surface area contributed by atoms with E-state index in [1.165, 1.54) is 7.11 Å². The van der Waals surface area contributed by atoms with Crippen LogP contribution in [0.5, 0.6) is 17.4 Å². The third-order valence-electron chi connectivity index (χ3n) is 5.63. The number of aromatic nitrogens is 2. The first-order valence-electron chi connectivity index (χ1n) is 11.7. The van der Waals surface area contributed by atoms with Crippen LogP contribution < -0.4 is 19.1 Å². The second-order valence-corrected chi connectivity index (χ2v) is 8.03. The molecular formula is C28H29N3O6. The fraction of sp³-hybridized carbons (Fsp3) is 0.250. The van der Waals surface area contributed by atoms with E-state index in [1.54, 1.807) is 39.5 Å². The zero-order valence-electron chi connectivity index (χ0n) is 21.3. The first kappa shape index (κ1) is 25.6. The fourth-order valence-electron chi connectivity index (χ4n) is 3.74. The van der Waals surface area contributed by atoms with Gasteiger partial charge in [0.2, 0.25) is 11.8 Å². The van der Waals surface area contributed by atoms with Crippen LogP contribution in [0.4, 0.5) is 5.82 Å². The molecule has 0 aliphatic heterocycles. The van der Waals surface area contributed by atoms with E-state index in [2.05, 4.69) is 4.98 Å². The number of methoxy groups -OCH3 is 3. The van der Waals surface area contributed by atoms with E-state index < -0.39 is 5.97 Å². The Morgan fingerprint density at radius 3 is 1.97 bits per heavy atom. The number of nitrogens with zero attached hydrogens (tertiary/aromatic N) is 3. The summed E-state index contributed by atoms with van der Waals surface area (Å²) in [7, 11) is 4.78. The van der Waals surface area contributed by atoms with E-state index in [9.17, 15) is 4.79 Å². The van der Waals surface area contributed by atoms with Crippen molar-refractivity contribution in [3.8, 4) is 28.8 Å². The summed E-state index contributed by atoms with van der Waals surface area (Å²) in [6.45, 7) is 2.85. The molecule has 0 N–H and O–H groups in total. The van der Waals surface area contributed by atoms with Gasteiger partial charge in [0.15, 0.2) is 5.82 Å². The minimum absolute atomic E-state index is 0.0228. The van der Waals surface area contributed by atoms with Crippen molar-refractivity contribution >= 4 is 11.8 Å². The third-order valence-corrected chi connectivity index (χ3v) is 5.63. The Bertz CT molecular complexity index is 1270. The van der Waals surface area contributed by atoms with Crippen molar-refractivity contribution in [2.45, 2.75) is 20.0 Å². The van der Waals surface area contributed by atoms with Crippen molar-refractivity contribution in [3.05, 3.63) is 83.7 Å². The minimum Gasteiger partial charge on any atom is -0.497 e. The number of oxazole rings is 1. The Labute approximate surface area is 215 Å². The second kappa shape index (κ2) is 11.9. The number of pyridine rings is 1. The van der Waals surface area contributed by atoms with Crippen LogP contribution in [0.3, 0.4) is 0 Å². The molecule has 0 saturated heterocycles. The summed E-state index contributed by atoms with van der Waals surface area (Å²) in [5.41, 5.74) is 2.62. The number of carbonyl (C=O) groups excluding carboxylic acids is 1. The average Bonchev–Trinajstić information content (AvgIpc) is 3.39. The van der Waals surface area contributed by atoms with Crippen LogP contribution in [-0.4, -0.2) is 43.9 Å². The molecule has 0 aliphatic carbocycles. The molecule has 0 bridgehead atoms. The summed E-state index contributed by atoms with van der Waals surface area (Å²) >= 11 is 0. The Morgan fingerprint density at radius 1 is 0.865 bits per heavy atom. The number of hydrogen-bond donors (Lipinski definition) is 0. The maximum absolute atomic E-state index is 13.0. The molecule has 2 heterocycles. The highest BCUT2D eigenvalue weighted by Gasteiger charge is 2.27. The summed E-state index contributed by atoms with van der Waals surface area (Å²) in [5, 5.41) is 0. The zero-order valence-corrected chi connectivity index (χ0v) is 21.3. The molecule has 0 aliphatic rings. The van der Waals surface area contributed by atoms with Gasteiger partial charge in [-0.05, 0) is 48.4 Å². The van der Waals surface area contributed by atoms with Gasteiger partial charge in [-0.2, -0.15) is 4.98 Å². The molecule has 9 nitrogen and oxygen atoms in total. The molecule has 37 heavy (non-hydrogen) atoms. The van der Waals surface area contributed by atoms with Gasteiger partial charge in [0.25, 0.3) is 5.76 Å². The van der Waals surface area contributed by atoms with E-state index in [-0.39, 0.29) is 18.3 Å².